The van der Waals surface area contributed by atoms with E-state index >= 15 is 0 Å². The van der Waals surface area contributed by atoms with Gasteiger partial charge in [-0.1, -0.05) is 5.16 Å². The molecule has 1 aliphatic rings. The lowest BCUT2D eigenvalue weighted by Crippen LogP contribution is -2.61. The predicted molar refractivity (Wildman–Crippen MR) is 126 cm³/mol. The van der Waals surface area contributed by atoms with Crippen molar-refractivity contribution in [2.45, 2.75) is 18.6 Å². The number of nitrogens with two attached hydrogens (primary N) is 1. The van der Waals surface area contributed by atoms with Gasteiger partial charge in [-0.25, -0.2) is 14.1 Å². The van der Waals surface area contributed by atoms with Gasteiger partial charge in [-0.3, -0.25) is 14.5 Å². The van der Waals surface area contributed by atoms with Gasteiger partial charge >= 0.3 is 0 Å². The first-order valence-electron chi connectivity index (χ1n) is 10.9. The lowest BCUT2D eigenvalue weighted by molar-refractivity contribution is -0.165. The molecule has 1 aliphatic heterocycles. The third-order valence-corrected chi connectivity index (χ3v) is 5.85. The van der Waals surface area contributed by atoms with E-state index < -0.39 is 29.3 Å². The van der Waals surface area contributed by atoms with Gasteiger partial charge in [0.25, 0.3) is 11.8 Å². The van der Waals surface area contributed by atoms with E-state index in [0.29, 0.717) is 16.7 Å². The molecule has 13 nitrogen and oxygen atoms in total. The molecule has 37 heavy (non-hydrogen) atoms. The van der Waals surface area contributed by atoms with Crippen molar-refractivity contribution >= 4 is 40.1 Å². The van der Waals surface area contributed by atoms with Crippen LogP contribution in [0, 0.1) is 17.1 Å². The summed E-state index contributed by atoms with van der Waals surface area (Å²) in [4.78, 5) is 31.1. The number of benzene rings is 1. The van der Waals surface area contributed by atoms with E-state index in [4.69, 9.17) is 20.3 Å². The average molecular weight is 506 g/mol. The number of carbonyl (C=O) groups is 2. The standard InChI is InChI=1S/C23H19FN8O5/c1-23(35,22(34)28-12-2-3-15-17(9-12)37-30-19(15)26)18-21(33)31(6-7-36-18)20-16(24)11-32(29-20)14-4-5-27-13(8-14)10-25/h2-5,8-9,11,18,35H,6-7H2,1H3,(H2,26,30)(H,28,34). The summed E-state index contributed by atoms with van der Waals surface area (Å²) < 4.78 is 26.6. The maximum Gasteiger partial charge on any atom is 0.261 e. The number of carbonyl (C=O) groups excluding carboxylic acids is 2. The Morgan fingerprint density at radius 3 is 2.97 bits per heavy atom. The van der Waals surface area contributed by atoms with Crippen molar-refractivity contribution in [2.24, 2.45) is 0 Å². The number of rotatable bonds is 5. The summed E-state index contributed by atoms with van der Waals surface area (Å²) in [7, 11) is 0. The van der Waals surface area contributed by atoms with Crippen LogP contribution in [0.3, 0.4) is 0 Å². The molecule has 14 heteroatoms. The van der Waals surface area contributed by atoms with Gasteiger partial charge in [-0.05, 0) is 25.1 Å². The Balaban J connectivity index is 1.37. The zero-order valence-electron chi connectivity index (χ0n) is 19.3. The van der Waals surface area contributed by atoms with Crippen molar-refractivity contribution in [2.75, 3.05) is 29.1 Å². The molecule has 4 aromatic rings. The number of hydrogen-bond acceptors (Lipinski definition) is 10. The van der Waals surface area contributed by atoms with Gasteiger partial charge in [0, 0.05) is 24.0 Å². The fourth-order valence-corrected chi connectivity index (χ4v) is 3.89. The van der Waals surface area contributed by atoms with Gasteiger partial charge in [0.05, 0.1) is 30.4 Å². The summed E-state index contributed by atoms with van der Waals surface area (Å²) in [6.45, 7) is 0.961. The molecule has 1 aromatic carbocycles. The highest BCUT2D eigenvalue weighted by Crippen LogP contribution is 2.28. The minimum Gasteiger partial charge on any atom is -0.380 e. The average Bonchev–Trinajstić information content (AvgIpc) is 3.46. The van der Waals surface area contributed by atoms with E-state index in [0.717, 1.165) is 22.7 Å². The second-order valence-electron chi connectivity index (χ2n) is 8.38. The molecule has 0 radical (unpaired) electrons. The zero-order chi connectivity index (χ0) is 26.3. The number of amides is 2. The molecule has 1 fully saturated rings. The molecule has 0 aliphatic carbocycles. The third-order valence-electron chi connectivity index (χ3n) is 5.85. The monoisotopic (exact) mass is 506 g/mol. The molecule has 2 atom stereocenters. The highest BCUT2D eigenvalue weighted by molar-refractivity contribution is 6.06. The van der Waals surface area contributed by atoms with Gasteiger partial charge in [-0.2, -0.15) is 5.26 Å². The number of fused-ring (bicyclic) bond motifs is 1. The first-order valence-corrected chi connectivity index (χ1v) is 10.9. The summed E-state index contributed by atoms with van der Waals surface area (Å²) in [5.41, 5.74) is 4.38. The highest BCUT2D eigenvalue weighted by atomic mass is 19.1. The fraction of sp³-hybridized carbons (Fsp3) is 0.217. The van der Waals surface area contributed by atoms with E-state index in [9.17, 15) is 19.1 Å². The zero-order valence-corrected chi connectivity index (χ0v) is 19.3. The molecule has 0 saturated carbocycles. The Kier molecular flexibility index (Phi) is 5.78. The van der Waals surface area contributed by atoms with E-state index in [-0.39, 0.29) is 36.2 Å². The summed E-state index contributed by atoms with van der Waals surface area (Å²) in [5, 5.41) is 30.9. The number of halogens is 1. The van der Waals surface area contributed by atoms with Crippen LogP contribution in [0.2, 0.25) is 0 Å². The SMILES string of the molecule is CC(O)(C(=O)Nc1ccc2c(N)noc2c1)C1OCCN(c2nn(-c3ccnc(C#N)c3)cc2F)C1=O. The maximum atomic E-state index is 14.9. The van der Waals surface area contributed by atoms with Crippen molar-refractivity contribution < 1.29 is 28.3 Å². The lowest BCUT2D eigenvalue weighted by atomic mass is 9.95. The molecule has 1 saturated heterocycles. The quantitative estimate of drug-likeness (QED) is 0.354. The molecule has 3 aromatic heterocycles. The number of nitrogens with zero attached hydrogens (tertiary/aromatic N) is 6. The van der Waals surface area contributed by atoms with Crippen molar-refractivity contribution in [1.82, 2.24) is 19.9 Å². The Morgan fingerprint density at radius 1 is 1.38 bits per heavy atom. The Labute approximate surface area is 207 Å². The van der Waals surface area contributed by atoms with Crippen molar-refractivity contribution in [3.8, 4) is 11.8 Å². The van der Waals surface area contributed by atoms with Crippen molar-refractivity contribution in [1.29, 1.82) is 5.26 Å². The van der Waals surface area contributed by atoms with Crippen molar-refractivity contribution in [3.05, 3.63) is 54.2 Å². The van der Waals surface area contributed by atoms with Gasteiger partial charge < -0.3 is 25.4 Å². The molecular formula is C23H19FN8O5. The van der Waals surface area contributed by atoms with E-state index in [2.05, 4.69) is 20.6 Å². The number of aromatic nitrogens is 4. The van der Waals surface area contributed by atoms with Gasteiger partial charge in [-0.15, -0.1) is 5.10 Å². The van der Waals surface area contributed by atoms with Crippen LogP contribution < -0.4 is 16.0 Å². The minimum atomic E-state index is -2.34. The molecule has 2 unspecified atom stereocenters. The van der Waals surface area contributed by atoms with E-state index in [1.807, 2.05) is 6.07 Å². The first kappa shape index (κ1) is 23.9. The second-order valence-corrected chi connectivity index (χ2v) is 8.38. The second kappa shape index (κ2) is 8.97. The smallest absolute Gasteiger partial charge is 0.261 e. The number of hydrogen-bond donors (Lipinski definition) is 3. The van der Waals surface area contributed by atoms with Crippen LogP contribution in [0.5, 0.6) is 0 Å². The van der Waals surface area contributed by atoms with Crippen LogP contribution in [0.1, 0.15) is 12.6 Å². The summed E-state index contributed by atoms with van der Waals surface area (Å²) in [6.07, 6.45) is 0.760. The van der Waals surface area contributed by atoms with Crippen LogP contribution in [-0.4, -0.2) is 61.7 Å². The van der Waals surface area contributed by atoms with Crippen molar-refractivity contribution in [3.63, 3.8) is 0 Å². The number of morpholine rings is 1. The van der Waals surface area contributed by atoms with Gasteiger partial charge in [0.2, 0.25) is 0 Å². The molecule has 4 heterocycles. The predicted octanol–water partition coefficient (Wildman–Crippen LogP) is 1.12. The van der Waals surface area contributed by atoms with E-state index in [1.54, 1.807) is 6.07 Å². The first-order chi connectivity index (χ1) is 17.7. The number of ether oxygens (including phenoxy) is 1. The number of anilines is 3. The maximum absolute atomic E-state index is 14.9. The molecule has 2 amide bonds. The van der Waals surface area contributed by atoms with Crippen LogP contribution in [-0.2, 0) is 14.3 Å². The summed E-state index contributed by atoms with van der Waals surface area (Å²) in [5.74, 6) is -2.76. The van der Waals surface area contributed by atoms with Gasteiger partial charge in [0.1, 0.15) is 11.8 Å². The number of nitrogens with one attached hydrogen (secondary N) is 1. The molecular weight excluding hydrogens is 487 g/mol. The molecule has 188 valence electrons. The normalized spacial score (nSPS) is 17.4. The Bertz CT molecular complexity index is 1570. The molecule has 5 rings (SSSR count). The fourth-order valence-electron chi connectivity index (χ4n) is 3.89. The number of nitriles is 1. The largest absolute Gasteiger partial charge is 0.380 e. The van der Waals surface area contributed by atoms with Crippen LogP contribution in [0.25, 0.3) is 16.7 Å². The number of pyridine rings is 1. The molecule has 0 bridgehead atoms. The number of nitrogen functional groups attached to an aromatic ring is 1. The Morgan fingerprint density at radius 2 is 2.19 bits per heavy atom. The summed E-state index contributed by atoms with van der Waals surface area (Å²) >= 11 is 0. The molecule has 4 N–H and O–H groups in total. The minimum absolute atomic E-state index is 0.0651. The van der Waals surface area contributed by atoms with Crippen LogP contribution in [0.4, 0.5) is 21.7 Å². The van der Waals surface area contributed by atoms with Gasteiger partial charge in [0.15, 0.2) is 34.7 Å². The highest BCUT2D eigenvalue weighted by Gasteiger charge is 2.49. The van der Waals surface area contributed by atoms with Crippen LogP contribution in [0.15, 0.2) is 47.2 Å². The third kappa shape index (κ3) is 4.22. The van der Waals surface area contributed by atoms with E-state index in [1.165, 1.54) is 30.5 Å². The Hall–Kier alpha value is -4.87. The number of aliphatic hydroxyl groups is 1. The molecule has 0 spiro atoms. The summed E-state index contributed by atoms with van der Waals surface area (Å²) in [6, 6.07) is 9.37. The van der Waals surface area contributed by atoms with Crippen LogP contribution >= 0.6 is 0 Å². The topological polar surface area (TPSA) is 185 Å². The lowest BCUT2D eigenvalue weighted by Gasteiger charge is -2.37.